The van der Waals surface area contributed by atoms with Crippen LogP contribution < -0.4 is 0 Å². The summed E-state index contributed by atoms with van der Waals surface area (Å²) in [5.41, 5.74) is 0. The van der Waals surface area contributed by atoms with E-state index in [4.69, 9.17) is 14.2 Å². The second-order valence-corrected chi connectivity index (χ2v) is 21.7. The monoisotopic (exact) mass is 1020 g/mol. The maximum Gasteiger partial charge on any atom is 0.306 e. The van der Waals surface area contributed by atoms with Crippen LogP contribution in [0.25, 0.3) is 0 Å². The number of allylic oxidation sites excluding steroid dienone is 8. The predicted molar refractivity (Wildman–Crippen MR) is 316 cm³/mol. The minimum absolute atomic E-state index is 0.0760. The van der Waals surface area contributed by atoms with Gasteiger partial charge in [-0.2, -0.15) is 0 Å². The summed E-state index contributed by atoms with van der Waals surface area (Å²) in [7, 11) is 0. The molecule has 0 saturated heterocycles. The van der Waals surface area contributed by atoms with E-state index in [2.05, 4.69) is 69.4 Å². The van der Waals surface area contributed by atoms with E-state index in [9.17, 15) is 14.4 Å². The van der Waals surface area contributed by atoms with Crippen molar-refractivity contribution in [1.82, 2.24) is 0 Å². The van der Waals surface area contributed by atoms with Gasteiger partial charge in [0.25, 0.3) is 0 Å². The Hall–Kier alpha value is -2.63. The van der Waals surface area contributed by atoms with Gasteiger partial charge in [-0.05, 0) is 96.3 Å². The van der Waals surface area contributed by atoms with E-state index >= 15 is 0 Å². The van der Waals surface area contributed by atoms with Gasteiger partial charge in [0.2, 0.25) is 0 Å². The van der Waals surface area contributed by atoms with Crippen LogP contribution in [0.3, 0.4) is 0 Å². The van der Waals surface area contributed by atoms with Crippen LogP contribution in [0.15, 0.2) is 48.6 Å². The van der Waals surface area contributed by atoms with Gasteiger partial charge in [-0.1, -0.05) is 275 Å². The van der Waals surface area contributed by atoms with Gasteiger partial charge >= 0.3 is 17.9 Å². The van der Waals surface area contributed by atoms with Gasteiger partial charge in [-0.3, -0.25) is 14.4 Å². The third-order valence-corrected chi connectivity index (χ3v) is 14.3. The standard InChI is InChI=1S/C67H122O6/c1-4-7-10-13-16-19-22-24-26-27-28-29-30-31-32-33-34-35-36-37-38-39-41-42-45-48-51-54-57-60-66(69)72-63-64(62-71-65(68)59-56-53-50-47-44-21-18-15-12-9-6-3)73-67(70)61-58-55-52-49-46-43-40-25-23-20-17-14-11-8-5-2/h15,18,22,24-25,27-28,40,64H,4-14,16-17,19-21,23,26,29-39,41-63H2,1-3H3/b18-15-,24-22-,28-27-,40-25-. The first-order valence-electron chi connectivity index (χ1n) is 32.1. The summed E-state index contributed by atoms with van der Waals surface area (Å²) in [5.74, 6) is -0.878. The van der Waals surface area contributed by atoms with E-state index in [1.54, 1.807) is 0 Å². The van der Waals surface area contributed by atoms with Crippen molar-refractivity contribution in [1.29, 1.82) is 0 Å². The van der Waals surface area contributed by atoms with E-state index in [-0.39, 0.29) is 31.1 Å². The SMILES string of the molecule is CCCC/C=C\CCCCCCCC(=O)OCC(COC(=O)CCCCCCCCCCCCCCCCCCC/C=C\C/C=C\CCCCCCC)OC(=O)CCCCCCC/C=C\CCCCCCCC. The van der Waals surface area contributed by atoms with E-state index in [0.717, 1.165) is 77.0 Å². The Bertz CT molecular complexity index is 1270. The molecule has 0 aliphatic heterocycles. The highest BCUT2D eigenvalue weighted by atomic mass is 16.6. The van der Waals surface area contributed by atoms with Gasteiger partial charge in [-0.15, -0.1) is 0 Å². The number of hydrogen-bond donors (Lipinski definition) is 0. The number of esters is 3. The Morgan fingerprint density at radius 3 is 0.808 bits per heavy atom. The molecule has 0 amide bonds. The molecule has 426 valence electrons. The minimum Gasteiger partial charge on any atom is -0.462 e. The first-order valence-corrected chi connectivity index (χ1v) is 32.1. The Kier molecular flexibility index (Phi) is 59.7. The molecule has 0 aromatic carbocycles. The molecule has 0 aromatic rings. The lowest BCUT2D eigenvalue weighted by Gasteiger charge is -2.18. The fourth-order valence-electron chi connectivity index (χ4n) is 9.39. The number of rotatable bonds is 59. The number of unbranched alkanes of at least 4 members (excludes halogenated alkanes) is 40. The zero-order valence-electron chi connectivity index (χ0n) is 48.9. The van der Waals surface area contributed by atoms with Crippen molar-refractivity contribution in [3.63, 3.8) is 0 Å². The van der Waals surface area contributed by atoms with Crippen LogP contribution in [-0.2, 0) is 28.6 Å². The Morgan fingerprint density at radius 1 is 0.274 bits per heavy atom. The predicted octanol–water partition coefficient (Wildman–Crippen LogP) is 21.8. The van der Waals surface area contributed by atoms with Crippen LogP contribution in [0.4, 0.5) is 0 Å². The highest BCUT2D eigenvalue weighted by molar-refractivity contribution is 5.71. The Labute approximate surface area is 454 Å². The van der Waals surface area contributed by atoms with E-state index in [1.807, 2.05) is 0 Å². The molecule has 0 fully saturated rings. The largest absolute Gasteiger partial charge is 0.462 e. The van der Waals surface area contributed by atoms with E-state index in [1.165, 1.54) is 225 Å². The molecule has 1 atom stereocenters. The molecule has 0 rings (SSSR count). The third kappa shape index (κ3) is 60.1. The number of hydrogen-bond acceptors (Lipinski definition) is 6. The number of carbonyl (C=O) groups excluding carboxylic acids is 3. The summed E-state index contributed by atoms with van der Waals surface area (Å²) in [6, 6.07) is 0. The summed E-state index contributed by atoms with van der Waals surface area (Å²) in [4.78, 5) is 38.2. The summed E-state index contributed by atoms with van der Waals surface area (Å²) < 4.78 is 16.9. The van der Waals surface area contributed by atoms with Gasteiger partial charge in [0, 0.05) is 19.3 Å². The van der Waals surface area contributed by atoms with Gasteiger partial charge in [0.05, 0.1) is 0 Å². The highest BCUT2D eigenvalue weighted by Crippen LogP contribution is 2.17. The van der Waals surface area contributed by atoms with Crippen molar-refractivity contribution in [3.05, 3.63) is 48.6 Å². The average Bonchev–Trinajstić information content (AvgIpc) is 3.39. The number of carbonyl (C=O) groups is 3. The van der Waals surface area contributed by atoms with Crippen molar-refractivity contribution in [2.75, 3.05) is 13.2 Å². The minimum atomic E-state index is -0.779. The molecule has 6 heteroatoms. The molecule has 1 unspecified atom stereocenters. The van der Waals surface area contributed by atoms with Crippen LogP contribution in [0.1, 0.15) is 342 Å². The summed E-state index contributed by atoms with van der Waals surface area (Å²) >= 11 is 0. The molecule has 0 bridgehead atoms. The van der Waals surface area contributed by atoms with Crippen molar-refractivity contribution in [2.24, 2.45) is 0 Å². The zero-order valence-corrected chi connectivity index (χ0v) is 48.9. The zero-order chi connectivity index (χ0) is 52.9. The molecular formula is C67H122O6. The summed E-state index contributed by atoms with van der Waals surface area (Å²) in [5, 5.41) is 0. The van der Waals surface area contributed by atoms with Crippen molar-refractivity contribution in [3.8, 4) is 0 Å². The molecule has 0 radical (unpaired) electrons. The van der Waals surface area contributed by atoms with Gasteiger partial charge < -0.3 is 14.2 Å². The maximum absolute atomic E-state index is 12.9. The van der Waals surface area contributed by atoms with Crippen molar-refractivity contribution >= 4 is 17.9 Å². The van der Waals surface area contributed by atoms with Gasteiger partial charge in [0.15, 0.2) is 6.10 Å². The molecule has 6 nitrogen and oxygen atoms in total. The lowest BCUT2D eigenvalue weighted by molar-refractivity contribution is -0.167. The van der Waals surface area contributed by atoms with Crippen LogP contribution in [-0.4, -0.2) is 37.2 Å². The quantitative estimate of drug-likeness (QED) is 0.0261. The average molecular weight is 1020 g/mol. The molecule has 0 heterocycles. The fourth-order valence-corrected chi connectivity index (χ4v) is 9.39. The molecule has 0 N–H and O–H groups in total. The molecule has 73 heavy (non-hydrogen) atoms. The lowest BCUT2D eigenvalue weighted by Crippen LogP contribution is -2.30. The normalized spacial score (nSPS) is 12.3. The maximum atomic E-state index is 12.9. The third-order valence-electron chi connectivity index (χ3n) is 14.3. The van der Waals surface area contributed by atoms with E-state index < -0.39 is 6.10 Å². The first-order chi connectivity index (χ1) is 36.0. The fraction of sp³-hybridized carbons (Fsp3) is 0.836. The van der Waals surface area contributed by atoms with Gasteiger partial charge in [0.1, 0.15) is 13.2 Å². The molecule has 0 aliphatic rings. The smallest absolute Gasteiger partial charge is 0.306 e. The highest BCUT2D eigenvalue weighted by Gasteiger charge is 2.19. The topological polar surface area (TPSA) is 78.9 Å². The lowest BCUT2D eigenvalue weighted by atomic mass is 10.0. The Balaban J connectivity index is 4.14. The van der Waals surface area contributed by atoms with Crippen LogP contribution in [0, 0.1) is 0 Å². The molecule has 0 spiro atoms. The molecular weight excluding hydrogens is 901 g/mol. The second-order valence-electron chi connectivity index (χ2n) is 21.7. The van der Waals surface area contributed by atoms with Crippen molar-refractivity contribution in [2.45, 2.75) is 348 Å². The molecule has 0 aliphatic carbocycles. The Morgan fingerprint density at radius 2 is 0.507 bits per heavy atom. The number of ether oxygens (including phenoxy) is 3. The molecule has 0 saturated carbocycles. The van der Waals surface area contributed by atoms with Crippen LogP contribution >= 0.6 is 0 Å². The molecule has 0 aromatic heterocycles. The first kappa shape index (κ1) is 70.4. The second kappa shape index (κ2) is 61.9. The van der Waals surface area contributed by atoms with Crippen molar-refractivity contribution < 1.29 is 28.6 Å². The van der Waals surface area contributed by atoms with Gasteiger partial charge in [-0.25, -0.2) is 0 Å². The van der Waals surface area contributed by atoms with E-state index in [0.29, 0.717) is 19.3 Å². The summed E-state index contributed by atoms with van der Waals surface area (Å²) in [6.07, 6.45) is 77.0. The van der Waals surface area contributed by atoms with Crippen LogP contribution in [0.2, 0.25) is 0 Å². The van der Waals surface area contributed by atoms with Crippen LogP contribution in [0.5, 0.6) is 0 Å². The summed E-state index contributed by atoms with van der Waals surface area (Å²) in [6.45, 7) is 6.61.